The Morgan fingerprint density at radius 2 is 2.21 bits per heavy atom. The SMILES string of the molecule is CCC(C(N)=S)N1CCCC(C)(C)C1. The smallest absolute Gasteiger partial charge is 0.0901 e. The van der Waals surface area contributed by atoms with Crippen LogP contribution in [0.4, 0.5) is 0 Å². The lowest BCUT2D eigenvalue weighted by Gasteiger charge is -2.41. The van der Waals surface area contributed by atoms with E-state index in [0.717, 1.165) is 19.5 Å². The molecule has 1 heterocycles. The minimum Gasteiger partial charge on any atom is -0.392 e. The minimum atomic E-state index is 0.310. The number of piperidine rings is 1. The second-order valence-electron chi connectivity index (χ2n) is 5.06. The average Bonchev–Trinajstić information content (AvgIpc) is 2.02. The van der Waals surface area contributed by atoms with Crippen LogP contribution in [0.25, 0.3) is 0 Å². The molecule has 0 aliphatic carbocycles. The van der Waals surface area contributed by atoms with Gasteiger partial charge < -0.3 is 5.73 Å². The Hall–Kier alpha value is -0.150. The van der Waals surface area contributed by atoms with Crippen molar-refractivity contribution in [1.82, 2.24) is 4.90 Å². The zero-order valence-electron chi connectivity index (χ0n) is 9.55. The number of nitrogens with zero attached hydrogens (tertiary/aromatic N) is 1. The van der Waals surface area contributed by atoms with Gasteiger partial charge in [-0.25, -0.2) is 0 Å². The molecule has 0 aromatic rings. The van der Waals surface area contributed by atoms with E-state index in [1.54, 1.807) is 0 Å². The third-order valence-corrected chi connectivity index (χ3v) is 3.36. The molecule has 1 fully saturated rings. The van der Waals surface area contributed by atoms with Crippen molar-refractivity contribution in [3.8, 4) is 0 Å². The topological polar surface area (TPSA) is 29.3 Å². The summed E-state index contributed by atoms with van der Waals surface area (Å²) in [4.78, 5) is 3.11. The van der Waals surface area contributed by atoms with Crippen LogP contribution in [0.3, 0.4) is 0 Å². The van der Waals surface area contributed by atoms with Gasteiger partial charge in [0, 0.05) is 6.54 Å². The molecule has 1 unspecified atom stereocenters. The lowest BCUT2D eigenvalue weighted by Crippen LogP contribution is -2.50. The van der Waals surface area contributed by atoms with Gasteiger partial charge in [0.05, 0.1) is 11.0 Å². The molecule has 0 aromatic carbocycles. The van der Waals surface area contributed by atoms with E-state index in [-0.39, 0.29) is 0 Å². The molecule has 1 aliphatic heterocycles. The van der Waals surface area contributed by atoms with Gasteiger partial charge >= 0.3 is 0 Å². The van der Waals surface area contributed by atoms with Crippen molar-refractivity contribution in [1.29, 1.82) is 0 Å². The number of rotatable bonds is 3. The summed E-state index contributed by atoms with van der Waals surface area (Å²) in [7, 11) is 0. The van der Waals surface area contributed by atoms with Gasteiger partial charge in [0.1, 0.15) is 0 Å². The van der Waals surface area contributed by atoms with Crippen molar-refractivity contribution < 1.29 is 0 Å². The monoisotopic (exact) mass is 214 g/mol. The largest absolute Gasteiger partial charge is 0.392 e. The first-order valence-corrected chi connectivity index (χ1v) is 5.90. The Kier molecular flexibility index (Phi) is 3.90. The molecule has 3 heteroatoms. The second kappa shape index (κ2) is 4.58. The van der Waals surface area contributed by atoms with Crippen LogP contribution in [0, 0.1) is 5.41 Å². The summed E-state index contributed by atoms with van der Waals surface area (Å²) in [6.45, 7) is 9.09. The predicted octanol–water partition coefficient (Wildman–Crippen LogP) is 2.17. The zero-order chi connectivity index (χ0) is 10.8. The maximum Gasteiger partial charge on any atom is 0.0901 e. The first-order chi connectivity index (χ1) is 6.46. The molecular formula is C11H22N2S. The van der Waals surface area contributed by atoms with E-state index < -0.39 is 0 Å². The number of hydrogen-bond donors (Lipinski definition) is 1. The highest BCUT2D eigenvalue weighted by atomic mass is 32.1. The van der Waals surface area contributed by atoms with Crippen LogP contribution in [0.1, 0.15) is 40.0 Å². The fraction of sp³-hybridized carbons (Fsp3) is 0.909. The fourth-order valence-corrected chi connectivity index (χ4v) is 2.69. The molecule has 82 valence electrons. The predicted molar refractivity (Wildman–Crippen MR) is 65.5 cm³/mol. The average molecular weight is 214 g/mol. The highest BCUT2D eigenvalue weighted by Gasteiger charge is 2.30. The molecule has 0 aromatic heterocycles. The molecule has 14 heavy (non-hydrogen) atoms. The van der Waals surface area contributed by atoms with E-state index in [9.17, 15) is 0 Å². The molecule has 2 nitrogen and oxygen atoms in total. The molecule has 0 radical (unpaired) electrons. The first-order valence-electron chi connectivity index (χ1n) is 5.49. The molecule has 2 N–H and O–H groups in total. The van der Waals surface area contributed by atoms with E-state index in [2.05, 4.69) is 25.7 Å². The number of hydrogen-bond acceptors (Lipinski definition) is 2. The lowest BCUT2D eigenvalue weighted by molar-refractivity contribution is 0.1000. The van der Waals surface area contributed by atoms with Crippen molar-refractivity contribution in [2.24, 2.45) is 11.1 Å². The van der Waals surface area contributed by atoms with Gasteiger partial charge in [0.2, 0.25) is 0 Å². The summed E-state index contributed by atoms with van der Waals surface area (Å²) < 4.78 is 0. The summed E-state index contributed by atoms with van der Waals surface area (Å²) in [5.41, 5.74) is 6.18. The standard InChI is InChI=1S/C11H22N2S/c1-4-9(10(12)14)13-7-5-6-11(2,3)8-13/h9H,4-8H2,1-3H3,(H2,12,14). The molecule has 0 amide bonds. The second-order valence-corrected chi connectivity index (χ2v) is 5.54. The Morgan fingerprint density at radius 3 is 2.64 bits per heavy atom. The van der Waals surface area contributed by atoms with Crippen molar-refractivity contribution in [3.05, 3.63) is 0 Å². The molecule has 0 spiro atoms. The van der Waals surface area contributed by atoms with Crippen molar-refractivity contribution >= 4 is 17.2 Å². The van der Waals surface area contributed by atoms with Gasteiger partial charge in [-0.15, -0.1) is 0 Å². The summed E-state index contributed by atoms with van der Waals surface area (Å²) in [5, 5.41) is 0. The lowest BCUT2D eigenvalue weighted by atomic mass is 9.83. The van der Waals surface area contributed by atoms with E-state index in [1.807, 2.05) is 0 Å². The maximum absolute atomic E-state index is 5.76. The van der Waals surface area contributed by atoms with E-state index in [0.29, 0.717) is 16.4 Å². The van der Waals surface area contributed by atoms with Gasteiger partial charge in [-0.3, -0.25) is 4.90 Å². The Bertz CT molecular complexity index is 213. The highest BCUT2D eigenvalue weighted by Crippen LogP contribution is 2.29. The molecule has 1 atom stereocenters. The van der Waals surface area contributed by atoms with Crippen molar-refractivity contribution in [3.63, 3.8) is 0 Å². The van der Waals surface area contributed by atoms with Crippen LogP contribution in [0.15, 0.2) is 0 Å². The Balaban J connectivity index is 2.62. The van der Waals surface area contributed by atoms with Gasteiger partial charge in [-0.1, -0.05) is 33.0 Å². The summed E-state index contributed by atoms with van der Waals surface area (Å²) in [6.07, 6.45) is 3.62. The summed E-state index contributed by atoms with van der Waals surface area (Å²) in [5.74, 6) is 0. The van der Waals surface area contributed by atoms with Crippen LogP contribution < -0.4 is 5.73 Å². The van der Waals surface area contributed by atoms with Gasteiger partial charge in [0.25, 0.3) is 0 Å². The van der Waals surface area contributed by atoms with Crippen LogP contribution in [-0.2, 0) is 0 Å². The Labute approximate surface area is 92.8 Å². The van der Waals surface area contributed by atoms with Crippen LogP contribution in [0.2, 0.25) is 0 Å². The molecule has 0 saturated carbocycles. The maximum atomic E-state index is 5.76. The van der Waals surface area contributed by atoms with Crippen LogP contribution in [0.5, 0.6) is 0 Å². The van der Waals surface area contributed by atoms with Crippen molar-refractivity contribution in [2.45, 2.75) is 46.1 Å². The van der Waals surface area contributed by atoms with Gasteiger partial charge in [0.15, 0.2) is 0 Å². The minimum absolute atomic E-state index is 0.310. The first kappa shape index (κ1) is 11.9. The number of likely N-dealkylation sites (tertiary alicyclic amines) is 1. The third-order valence-electron chi connectivity index (χ3n) is 3.09. The molecule has 1 aliphatic rings. The highest BCUT2D eigenvalue weighted by molar-refractivity contribution is 7.80. The quantitative estimate of drug-likeness (QED) is 0.730. The molecule has 1 rings (SSSR count). The normalized spacial score (nSPS) is 24.5. The van der Waals surface area contributed by atoms with Crippen molar-refractivity contribution in [2.75, 3.05) is 13.1 Å². The number of nitrogens with two attached hydrogens (primary N) is 1. The van der Waals surface area contributed by atoms with E-state index >= 15 is 0 Å². The fourth-order valence-electron chi connectivity index (χ4n) is 2.37. The van der Waals surface area contributed by atoms with Gasteiger partial charge in [-0.05, 0) is 31.2 Å². The third kappa shape index (κ3) is 2.92. The summed E-state index contributed by atoms with van der Waals surface area (Å²) >= 11 is 5.11. The number of thiocarbonyl (C=S) groups is 1. The molecule has 0 bridgehead atoms. The van der Waals surface area contributed by atoms with Gasteiger partial charge in [-0.2, -0.15) is 0 Å². The summed E-state index contributed by atoms with van der Waals surface area (Å²) in [6, 6.07) is 0.310. The Morgan fingerprint density at radius 1 is 1.57 bits per heavy atom. The van der Waals surface area contributed by atoms with E-state index in [4.69, 9.17) is 18.0 Å². The molecular weight excluding hydrogens is 192 g/mol. The van der Waals surface area contributed by atoms with Crippen LogP contribution >= 0.6 is 12.2 Å². The van der Waals surface area contributed by atoms with E-state index in [1.165, 1.54) is 12.8 Å². The zero-order valence-corrected chi connectivity index (χ0v) is 10.4. The molecule has 1 saturated heterocycles. The van der Waals surface area contributed by atoms with Crippen LogP contribution in [-0.4, -0.2) is 29.0 Å².